The number of hydrogen-bond acceptors (Lipinski definition) is 7. The van der Waals surface area contributed by atoms with Gasteiger partial charge in [-0.1, -0.05) is 43.1 Å². The Bertz CT molecular complexity index is 1170. The largest absolute Gasteiger partial charge is 0.492 e. The highest BCUT2D eigenvalue weighted by Crippen LogP contribution is 2.35. The molecule has 0 saturated heterocycles. The van der Waals surface area contributed by atoms with Gasteiger partial charge < -0.3 is 19.9 Å². The van der Waals surface area contributed by atoms with E-state index in [0.29, 0.717) is 40.5 Å². The summed E-state index contributed by atoms with van der Waals surface area (Å²) < 4.78 is 5.94. The van der Waals surface area contributed by atoms with Crippen LogP contribution in [0.15, 0.2) is 65.9 Å². The third-order valence-electron chi connectivity index (χ3n) is 5.72. The Kier molecular flexibility index (Phi) is 8.58. The molecule has 0 aliphatic carbocycles. The normalized spacial score (nSPS) is 13.2. The number of anilines is 3. The number of aliphatic imine (C=N–C) groups is 1. The molecule has 4 rings (SSSR count). The molecule has 182 valence electrons. The minimum atomic E-state index is 0.455. The van der Waals surface area contributed by atoms with Gasteiger partial charge in [-0.15, -0.1) is 0 Å². The number of aromatic nitrogens is 2. The third kappa shape index (κ3) is 6.11. The van der Waals surface area contributed by atoms with Gasteiger partial charge in [0.1, 0.15) is 24.7 Å². The molecule has 2 heterocycles. The molecular formula is C26H28Cl2N6O. The van der Waals surface area contributed by atoms with E-state index in [4.69, 9.17) is 27.9 Å². The number of rotatable bonds is 10. The van der Waals surface area contributed by atoms with Gasteiger partial charge in [0.05, 0.1) is 21.4 Å². The molecule has 1 aromatic heterocycles. The summed E-state index contributed by atoms with van der Waals surface area (Å²) in [5, 5.41) is 4.26. The Morgan fingerprint density at radius 2 is 1.71 bits per heavy atom. The third-order valence-corrected chi connectivity index (χ3v) is 6.35. The Balaban J connectivity index is 1.54. The number of likely N-dealkylation sites (N-methyl/N-ethyl adjacent to an activating group) is 1. The summed E-state index contributed by atoms with van der Waals surface area (Å²) in [6, 6.07) is 13.4. The number of nitrogens with zero attached hydrogens (tertiary/aromatic N) is 5. The summed E-state index contributed by atoms with van der Waals surface area (Å²) in [6.45, 7) is 8.37. The molecule has 0 saturated carbocycles. The maximum atomic E-state index is 6.37. The van der Waals surface area contributed by atoms with Crippen molar-refractivity contribution in [2.75, 3.05) is 43.1 Å². The molecule has 0 radical (unpaired) electrons. The van der Waals surface area contributed by atoms with Crippen molar-refractivity contribution in [3.8, 4) is 5.75 Å². The van der Waals surface area contributed by atoms with Crippen molar-refractivity contribution >= 4 is 52.3 Å². The van der Waals surface area contributed by atoms with Crippen molar-refractivity contribution in [1.29, 1.82) is 0 Å². The Hall–Kier alpha value is -3.13. The fourth-order valence-electron chi connectivity index (χ4n) is 3.75. The van der Waals surface area contributed by atoms with Crippen molar-refractivity contribution in [3.63, 3.8) is 0 Å². The van der Waals surface area contributed by atoms with Gasteiger partial charge in [0.2, 0.25) is 0 Å². The van der Waals surface area contributed by atoms with E-state index in [1.165, 1.54) is 0 Å². The topological polar surface area (TPSA) is 65.9 Å². The van der Waals surface area contributed by atoms with Crippen molar-refractivity contribution in [3.05, 3.63) is 76.7 Å². The summed E-state index contributed by atoms with van der Waals surface area (Å²) in [5.41, 5.74) is 3.07. The molecule has 0 spiro atoms. The molecule has 3 aromatic rings. The van der Waals surface area contributed by atoms with E-state index in [9.17, 15) is 0 Å². The van der Waals surface area contributed by atoms with E-state index < -0.39 is 0 Å². The molecule has 1 N–H and O–H groups in total. The van der Waals surface area contributed by atoms with Crippen LogP contribution in [0.5, 0.6) is 5.75 Å². The highest BCUT2D eigenvalue weighted by molar-refractivity contribution is 6.39. The number of hydrogen-bond donors (Lipinski definition) is 1. The van der Waals surface area contributed by atoms with E-state index >= 15 is 0 Å². The molecule has 0 bridgehead atoms. The first-order valence-corrected chi connectivity index (χ1v) is 12.3. The van der Waals surface area contributed by atoms with E-state index in [-0.39, 0.29) is 0 Å². The van der Waals surface area contributed by atoms with Crippen LogP contribution in [0, 0.1) is 0 Å². The Labute approximate surface area is 216 Å². The quantitative estimate of drug-likeness (QED) is 0.353. The maximum Gasteiger partial charge on any atom is 0.158 e. The first-order chi connectivity index (χ1) is 17.1. The van der Waals surface area contributed by atoms with Crippen LogP contribution < -0.4 is 15.0 Å². The summed E-state index contributed by atoms with van der Waals surface area (Å²) in [6.07, 6.45) is 6.98. The molecule has 1 aliphatic rings. The second kappa shape index (κ2) is 12.0. The van der Waals surface area contributed by atoms with Gasteiger partial charge in [0.25, 0.3) is 0 Å². The standard InChI is InChI=1S/C26H28Cl2N6O/c1-3-33(4-2)16-17-35-20-10-8-19(9-11-20)34-18-29-13-12-23(34)25-26(31-15-14-30-25)32-24-21(27)6-5-7-22(24)28/h5-15H,3-4,16-18H2,1-2H3,(H,31,32). The van der Waals surface area contributed by atoms with Crippen LogP contribution in [0.2, 0.25) is 10.0 Å². The molecule has 9 heteroatoms. The number of allylic oxidation sites excluding steroid dienone is 1. The first-order valence-electron chi connectivity index (χ1n) is 11.6. The van der Waals surface area contributed by atoms with Crippen LogP contribution in [0.3, 0.4) is 0 Å². The second-order valence-electron chi connectivity index (χ2n) is 7.80. The van der Waals surface area contributed by atoms with Crippen molar-refractivity contribution in [2.45, 2.75) is 13.8 Å². The minimum absolute atomic E-state index is 0.455. The van der Waals surface area contributed by atoms with Crippen LogP contribution in [0.25, 0.3) is 5.70 Å². The lowest BCUT2D eigenvalue weighted by atomic mass is 10.2. The molecular weight excluding hydrogens is 483 g/mol. The lowest BCUT2D eigenvalue weighted by Crippen LogP contribution is -2.28. The highest BCUT2D eigenvalue weighted by atomic mass is 35.5. The van der Waals surface area contributed by atoms with Crippen molar-refractivity contribution < 1.29 is 4.74 Å². The maximum absolute atomic E-state index is 6.37. The average molecular weight is 511 g/mol. The zero-order valence-electron chi connectivity index (χ0n) is 19.8. The van der Waals surface area contributed by atoms with Gasteiger partial charge >= 0.3 is 0 Å². The van der Waals surface area contributed by atoms with Crippen LogP contribution in [-0.4, -0.2) is 54.0 Å². The Morgan fingerprint density at radius 1 is 1.00 bits per heavy atom. The van der Waals surface area contributed by atoms with Gasteiger partial charge in [0, 0.05) is 30.8 Å². The lowest BCUT2D eigenvalue weighted by molar-refractivity contribution is 0.223. The van der Waals surface area contributed by atoms with Crippen LogP contribution in [-0.2, 0) is 0 Å². The van der Waals surface area contributed by atoms with Crippen molar-refractivity contribution in [2.24, 2.45) is 4.99 Å². The molecule has 7 nitrogen and oxygen atoms in total. The van der Waals surface area contributed by atoms with Crippen LogP contribution in [0.4, 0.5) is 17.2 Å². The van der Waals surface area contributed by atoms with E-state index in [2.05, 4.69) is 43.9 Å². The van der Waals surface area contributed by atoms with Crippen molar-refractivity contribution in [1.82, 2.24) is 14.9 Å². The fraction of sp³-hybridized carbons (Fsp3) is 0.269. The molecule has 0 atom stereocenters. The zero-order chi connectivity index (χ0) is 24.6. The second-order valence-corrected chi connectivity index (χ2v) is 8.61. The van der Waals surface area contributed by atoms with E-state index in [1.807, 2.05) is 30.3 Å². The summed E-state index contributed by atoms with van der Waals surface area (Å²) >= 11 is 12.7. The smallest absolute Gasteiger partial charge is 0.158 e. The SMILES string of the molecule is CCN(CC)CCOc1ccc(N2CN=CC=C2c2nccnc2Nc2c(Cl)cccc2Cl)cc1. The highest BCUT2D eigenvalue weighted by Gasteiger charge is 2.21. The fourth-order valence-corrected chi connectivity index (χ4v) is 4.25. The van der Waals surface area contributed by atoms with Gasteiger partial charge in [-0.3, -0.25) is 4.99 Å². The predicted octanol–water partition coefficient (Wildman–Crippen LogP) is 6.14. The number of benzene rings is 2. The average Bonchev–Trinajstić information content (AvgIpc) is 2.89. The van der Waals surface area contributed by atoms with Gasteiger partial charge in [-0.05, 0) is 55.6 Å². The lowest BCUT2D eigenvalue weighted by Gasteiger charge is -2.28. The zero-order valence-corrected chi connectivity index (χ0v) is 21.3. The number of ether oxygens (including phenoxy) is 1. The summed E-state index contributed by atoms with van der Waals surface area (Å²) in [4.78, 5) is 18.0. The van der Waals surface area contributed by atoms with Gasteiger partial charge in [-0.2, -0.15) is 0 Å². The van der Waals surface area contributed by atoms with Gasteiger partial charge in [-0.25, -0.2) is 9.97 Å². The van der Waals surface area contributed by atoms with E-state index in [0.717, 1.165) is 36.8 Å². The molecule has 35 heavy (non-hydrogen) atoms. The van der Waals surface area contributed by atoms with Crippen LogP contribution in [0.1, 0.15) is 19.5 Å². The summed E-state index contributed by atoms with van der Waals surface area (Å²) in [5.74, 6) is 1.38. The molecule has 1 aliphatic heterocycles. The molecule has 0 fully saturated rings. The summed E-state index contributed by atoms with van der Waals surface area (Å²) in [7, 11) is 0. The monoisotopic (exact) mass is 510 g/mol. The minimum Gasteiger partial charge on any atom is -0.492 e. The molecule has 2 aromatic carbocycles. The van der Waals surface area contributed by atoms with Crippen LogP contribution >= 0.6 is 23.2 Å². The van der Waals surface area contributed by atoms with Gasteiger partial charge in [0.15, 0.2) is 5.82 Å². The van der Waals surface area contributed by atoms with E-state index in [1.54, 1.807) is 36.8 Å². The predicted molar refractivity (Wildman–Crippen MR) is 145 cm³/mol. The molecule has 0 unspecified atom stereocenters. The first kappa shape index (κ1) is 25.0. The number of nitrogens with one attached hydrogen (secondary N) is 1. The molecule has 0 amide bonds. The number of halogens is 2. The Morgan fingerprint density at radius 3 is 2.43 bits per heavy atom. The number of para-hydroxylation sites is 1.